The minimum atomic E-state index is -0.252. The maximum Gasteiger partial charge on any atom is 0.271 e. The van der Waals surface area contributed by atoms with Crippen molar-refractivity contribution in [1.82, 2.24) is 8.75 Å². The Balaban J connectivity index is 1.65. The minimum Gasteiger partial charge on any atom is -0.470 e. The van der Waals surface area contributed by atoms with E-state index in [9.17, 15) is 4.39 Å². The van der Waals surface area contributed by atoms with Crippen LogP contribution in [0.1, 0.15) is 5.56 Å². The van der Waals surface area contributed by atoms with E-state index in [1.165, 1.54) is 12.1 Å². The summed E-state index contributed by atoms with van der Waals surface area (Å²) in [6.45, 7) is 3.31. The van der Waals surface area contributed by atoms with E-state index in [0.717, 1.165) is 36.2 Å². The van der Waals surface area contributed by atoms with Crippen LogP contribution in [0, 0.1) is 5.82 Å². The number of nitrogens with zero attached hydrogens (tertiary/aromatic N) is 3. The number of hydrogen-bond acceptors (Lipinski definition) is 6. The highest BCUT2D eigenvalue weighted by atomic mass is 32.1. The molecular weight excluding hydrogens is 281 g/mol. The molecule has 1 aliphatic heterocycles. The van der Waals surface area contributed by atoms with Crippen LogP contribution in [0.15, 0.2) is 24.3 Å². The van der Waals surface area contributed by atoms with E-state index in [2.05, 4.69) is 13.6 Å². The van der Waals surface area contributed by atoms with Crippen molar-refractivity contribution in [3.05, 3.63) is 35.6 Å². The van der Waals surface area contributed by atoms with Crippen LogP contribution in [-0.2, 0) is 11.3 Å². The molecule has 0 aliphatic carbocycles. The molecule has 0 atom stereocenters. The number of benzene rings is 1. The molecule has 0 spiro atoms. The van der Waals surface area contributed by atoms with Crippen molar-refractivity contribution in [2.45, 2.75) is 6.61 Å². The standard InChI is InChI=1S/C13H14FN3O2S/c14-11-3-1-10(2-4-11)9-19-13-12(15-20-16-13)17-5-7-18-8-6-17/h1-4H,5-9H2. The average molecular weight is 295 g/mol. The lowest BCUT2D eigenvalue weighted by molar-refractivity contribution is 0.122. The molecule has 20 heavy (non-hydrogen) atoms. The van der Waals surface area contributed by atoms with Crippen LogP contribution in [0.5, 0.6) is 5.88 Å². The number of aromatic nitrogens is 2. The Hall–Kier alpha value is -1.73. The second-order valence-corrected chi connectivity index (χ2v) is 4.94. The number of morpholine rings is 1. The van der Waals surface area contributed by atoms with Gasteiger partial charge in [0.15, 0.2) is 0 Å². The summed E-state index contributed by atoms with van der Waals surface area (Å²) >= 11 is 1.13. The van der Waals surface area contributed by atoms with E-state index in [-0.39, 0.29) is 5.82 Å². The van der Waals surface area contributed by atoms with Gasteiger partial charge in [-0.1, -0.05) is 12.1 Å². The summed E-state index contributed by atoms with van der Waals surface area (Å²) in [4.78, 5) is 2.10. The van der Waals surface area contributed by atoms with Crippen molar-refractivity contribution < 1.29 is 13.9 Å². The maximum atomic E-state index is 12.8. The zero-order valence-electron chi connectivity index (χ0n) is 10.8. The highest BCUT2D eigenvalue weighted by Crippen LogP contribution is 2.26. The quantitative estimate of drug-likeness (QED) is 0.864. The van der Waals surface area contributed by atoms with Crippen molar-refractivity contribution in [3.63, 3.8) is 0 Å². The van der Waals surface area contributed by atoms with E-state index in [0.29, 0.717) is 25.7 Å². The van der Waals surface area contributed by atoms with Crippen molar-refractivity contribution >= 4 is 17.5 Å². The number of halogens is 1. The largest absolute Gasteiger partial charge is 0.470 e. The van der Waals surface area contributed by atoms with Crippen LogP contribution in [0.4, 0.5) is 10.2 Å². The number of ether oxygens (including phenoxy) is 2. The van der Waals surface area contributed by atoms with E-state index < -0.39 is 0 Å². The molecule has 2 heterocycles. The minimum absolute atomic E-state index is 0.252. The number of hydrogen-bond donors (Lipinski definition) is 0. The Bertz CT molecular complexity index is 555. The SMILES string of the molecule is Fc1ccc(COc2nsnc2N2CCOCC2)cc1. The second-order valence-electron chi connectivity index (χ2n) is 4.41. The second kappa shape index (κ2) is 6.15. The predicted molar refractivity (Wildman–Crippen MR) is 73.7 cm³/mol. The normalized spacial score (nSPS) is 15.3. The summed E-state index contributed by atoms with van der Waals surface area (Å²) in [5.41, 5.74) is 0.896. The van der Waals surface area contributed by atoms with Crippen LogP contribution in [-0.4, -0.2) is 35.1 Å². The van der Waals surface area contributed by atoms with Crippen LogP contribution in [0.3, 0.4) is 0 Å². The lowest BCUT2D eigenvalue weighted by Gasteiger charge is -2.26. The smallest absolute Gasteiger partial charge is 0.271 e. The van der Waals surface area contributed by atoms with Gasteiger partial charge in [0.25, 0.3) is 5.88 Å². The summed E-state index contributed by atoms with van der Waals surface area (Å²) in [5, 5.41) is 0. The Labute approximate surface area is 120 Å². The van der Waals surface area contributed by atoms with Gasteiger partial charge in [-0.15, -0.1) is 4.37 Å². The van der Waals surface area contributed by atoms with Crippen molar-refractivity contribution in [1.29, 1.82) is 0 Å². The van der Waals surface area contributed by atoms with Gasteiger partial charge in [-0.2, -0.15) is 4.37 Å². The summed E-state index contributed by atoms with van der Waals surface area (Å²) in [7, 11) is 0. The molecule has 1 fully saturated rings. The predicted octanol–water partition coefficient (Wildman–Crippen LogP) is 2.09. The van der Waals surface area contributed by atoms with E-state index in [1.54, 1.807) is 12.1 Å². The Morgan fingerprint density at radius 3 is 2.70 bits per heavy atom. The van der Waals surface area contributed by atoms with Gasteiger partial charge in [-0.05, 0) is 17.7 Å². The first-order valence-electron chi connectivity index (χ1n) is 6.35. The molecule has 1 saturated heterocycles. The lowest BCUT2D eigenvalue weighted by atomic mass is 10.2. The molecule has 2 aromatic rings. The zero-order valence-corrected chi connectivity index (χ0v) is 11.6. The third-order valence-electron chi connectivity index (χ3n) is 3.04. The van der Waals surface area contributed by atoms with Gasteiger partial charge >= 0.3 is 0 Å². The highest BCUT2D eigenvalue weighted by molar-refractivity contribution is 6.99. The molecule has 0 amide bonds. The molecule has 0 N–H and O–H groups in total. The Morgan fingerprint density at radius 2 is 1.95 bits per heavy atom. The van der Waals surface area contributed by atoms with Crippen LogP contribution < -0.4 is 9.64 Å². The number of rotatable bonds is 4. The van der Waals surface area contributed by atoms with E-state index in [4.69, 9.17) is 9.47 Å². The van der Waals surface area contributed by atoms with Crippen molar-refractivity contribution in [3.8, 4) is 5.88 Å². The highest BCUT2D eigenvalue weighted by Gasteiger charge is 2.19. The summed E-state index contributed by atoms with van der Waals surface area (Å²) in [6, 6.07) is 6.23. The van der Waals surface area contributed by atoms with Crippen molar-refractivity contribution in [2.75, 3.05) is 31.2 Å². The fourth-order valence-electron chi connectivity index (χ4n) is 1.97. The molecule has 5 nitrogen and oxygen atoms in total. The summed E-state index contributed by atoms with van der Waals surface area (Å²) in [5.74, 6) is 1.04. The van der Waals surface area contributed by atoms with Crippen molar-refractivity contribution in [2.24, 2.45) is 0 Å². The van der Waals surface area contributed by atoms with Gasteiger partial charge in [0.05, 0.1) is 24.9 Å². The molecular formula is C13H14FN3O2S. The molecule has 0 radical (unpaired) electrons. The monoisotopic (exact) mass is 295 g/mol. The Morgan fingerprint density at radius 1 is 1.20 bits per heavy atom. The third-order valence-corrected chi connectivity index (χ3v) is 3.54. The maximum absolute atomic E-state index is 12.8. The fraction of sp³-hybridized carbons (Fsp3) is 0.385. The number of anilines is 1. The molecule has 7 heteroatoms. The first-order chi connectivity index (χ1) is 9.83. The van der Waals surface area contributed by atoms with Gasteiger partial charge in [0.1, 0.15) is 12.4 Å². The molecule has 3 rings (SSSR count). The first kappa shape index (κ1) is 13.3. The van der Waals surface area contributed by atoms with Gasteiger partial charge in [-0.3, -0.25) is 0 Å². The zero-order chi connectivity index (χ0) is 13.8. The topological polar surface area (TPSA) is 47.5 Å². The van der Waals surface area contributed by atoms with Gasteiger partial charge in [-0.25, -0.2) is 4.39 Å². The van der Waals surface area contributed by atoms with E-state index in [1.807, 2.05) is 0 Å². The molecule has 0 unspecified atom stereocenters. The van der Waals surface area contributed by atoms with E-state index >= 15 is 0 Å². The molecule has 0 saturated carbocycles. The third kappa shape index (κ3) is 3.05. The molecule has 1 aromatic heterocycles. The van der Waals surface area contributed by atoms with Gasteiger partial charge in [0, 0.05) is 13.1 Å². The van der Waals surface area contributed by atoms with Gasteiger partial charge < -0.3 is 14.4 Å². The fourth-order valence-corrected chi connectivity index (χ4v) is 2.49. The molecule has 106 valence electrons. The summed E-state index contributed by atoms with van der Waals surface area (Å²) < 4.78 is 32.3. The van der Waals surface area contributed by atoms with Crippen LogP contribution in [0.2, 0.25) is 0 Å². The first-order valence-corrected chi connectivity index (χ1v) is 7.08. The average Bonchev–Trinajstić information content (AvgIpc) is 2.96. The molecule has 1 aromatic carbocycles. The Kier molecular flexibility index (Phi) is 4.08. The van der Waals surface area contributed by atoms with Crippen LogP contribution >= 0.6 is 11.7 Å². The van der Waals surface area contributed by atoms with Crippen LogP contribution in [0.25, 0.3) is 0 Å². The lowest BCUT2D eigenvalue weighted by Crippen LogP contribution is -2.36. The molecule has 1 aliphatic rings. The molecule has 0 bridgehead atoms. The summed E-state index contributed by atoms with van der Waals surface area (Å²) in [6.07, 6.45) is 0. The van der Waals surface area contributed by atoms with Gasteiger partial charge in [0.2, 0.25) is 5.82 Å².